The predicted molar refractivity (Wildman–Crippen MR) is 212 cm³/mol. The van der Waals surface area contributed by atoms with Crippen LogP contribution in [0.1, 0.15) is 88.2 Å². The first kappa shape index (κ1) is 46.3. The molecule has 2 aromatic carbocycles. The summed E-state index contributed by atoms with van der Waals surface area (Å²) in [4.78, 5) is 24.1. The summed E-state index contributed by atoms with van der Waals surface area (Å²) in [5.41, 5.74) is 4.77. The Morgan fingerprint density at radius 2 is 0.891 bits per heavy atom. The normalized spacial score (nSPS) is 12.1. The van der Waals surface area contributed by atoms with Gasteiger partial charge in [-0.15, -0.1) is 0 Å². The number of rotatable bonds is 36. The molecule has 0 atom stereocenters. The Bertz CT molecular complexity index is 1220. The van der Waals surface area contributed by atoms with E-state index in [-0.39, 0.29) is 25.1 Å². The quantitative estimate of drug-likeness (QED) is 0.0562. The number of hydrogen-bond acceptors (Lipinski definition) is 11. The lowest BCUT2D eigenvalue weighted by Crippen LogP contribution is -2.29. The summed E-state index contributed by atoms with van der Waals surface area (Å²) in [6.45, 7) is 9.47. The fourth-order valence-electron chi connectivity index (χ4n) is 6.16. The molecular weight excluding hydrogens is 706 g/mol. The summed E-state index contributed by atoms with van der Waals surface area (Å²) >= 11 is 0. The van der Waals surface area contributed by atoms with Crippen molar-refractivity contribution in [3.8, 4) is 11.1 Å². The first-order valence-corrected chi connectivity index (χ1v) is 20.5. The van der Waals surface area contributed by atoms with Crippen molar-refractivity contribution in [2.45, 2.75) is 77.0 Å². The van der Waals surface area contributed by atoms with E-state index in [0.717, 1.165) is 12.8 Å². The van der Waals surface area contributed by atoms with Crippen molar-refractivity contribution in [3.05, 3.63) is 59.7 Å². The second kappa shape index (κ2) is 32.0. The van der Waals surface area contributed by atoms with Gasteiger partial charge in [0.25, 0.3) is 0 Å². The Labute approximate surface area is 329 Å². The molecule has 3 rings (SSSR count). The molecule has 55 heavy (non-hydrogen) atoms. The zero-order valence-corrected chi connectivity index (χ0v) is 33.3. The highest BCUT2D eigenvalue weighted by molar-refractivity contribution is 5.79. The molecule has 0 spiro atoms. The van der Waals surface area contributed by atoms with Gasteiger partial charge in [-0.25, -0.2) is 4.79 Å². The van der Waals surface area contributed by atoms with E-state index in [1.807, 2.05) is 24.3 Å². The van der Waals surface area contributed by atoms with Gasteiger partial charge in [0.2, 0.25) is 0 Å². The number of esters is 1. The van der Waals surface area contributed by atoms with E-state index < -0.39 is 6.09 Å². The highest BCUT2D eigenvalue weighted by Gasteiger charge is 2.28. The molecule has 0 aliphatic heterocycles. The van der Waals surface area contributed by atoms with Crippen LogP contribution in [-0.4, -0.2) is 124 Å². The predicted octanol–water partition coefficient (Wildman–Crippen LogP) is 7.11. The molecule has 310 valence electrons. The summed E-state index contributed by atoms with van der Waals surface area (Å²) in [6.07, 6.45) is 11.1. The number of carbonyl (C=O) groups is 2. The first-order chi connectivity index (χ1) is 27.2. The van der Waals surface area contributed by atoms with E-state index in [2.05, 4.69) is 36.5 Å². The Kier molecular flexibility index (Phi) is 27.0. The van der Waals surface area contributed by atoms with E-state index in [1.54, 1.807) is 0 Å². The smallest absolute Gasteiger partial charge is 0.407 e. The molecule has 0 fully saturated rings. The second-order valence-electron chi connectivity index (χ2n) is 13.3. The zero-order chi connectivity index (χ0) is 38.9. The molecule has 0 saturated heterocycles. The molecule has 12 nitrogen and oxygen atoms in total. The van der Waals surface area contributed by atoms with Crippen LogP contribution in [0, 0.1) is 0 Å². The third-order valence-electron chi connectivity index (χ3n) is 9.07. The van der Waals surface area contributed by atoms with Crippen LogP contribution < -0.4 is 5.32 Å². The summed E-state index contributed by atoms with van der Waals surface area (Å²) < 4.78 is 49.3. The lowest BCUT2D eigenvalue weighted by atomic mass is 9.98. The minimum atomic E-state index is -0.453. The maximum atomic E-state index is 12.2. The SMILES string of the molecule is CCCCCCCCCCCC(=O)OCCOCCOCCOCCOCCOCCOCCOCCNC(=O)OCC1c2ccccc2-c2ccccc21. The number of carbonyl (C=O) groups excluding carboxylic acids is 2. The van der Waals surface area contributed by atoms with Gasteiger partial charge < -0.3 is 47.9 Å². The fourth-order valence-corrected chi connectivity index (χ4v) is 6.16. The van der Waals surface area contributed by atoms with Crippen LogP contribution >= 0.6 is 0 Å². The Morgan fingerprint density at radius 1 is 0.491 bits per heavy atom. The minimum Gasteiger partial charge on any atom is -0.463 e. The van der Waals surface area contributed by atoms with Crippen molar-refractivity contribution >= 4 is 12.1 Å². The van der Waals surface area contributed by atoms with Crippen molar-refractivity contribution in [1.82, 2.24) is 5.32 Å². The molecule has 12 heteroatoms. The van der Waals surface area contributed by atoms with Gasteiger partial charge in [-0.1, -0.05) is 107 Å². The average molecular weight is 774 g/mol. The van der Waals surface area contributed by atoms with Crippen LogP contribution in [0.15, 0.2) is 48.5 Å². The number of nitrogens with one attached hydrogen (secondary N) is 1. The topological polar surface area (TPSA) is 129 Å². The average Bonchev–Trinajstić information content (AvgIpc) is 3.52. The number of fused-ring (bicyclic) bond motifs is 3. The second-order valence-corrected chi connectivity index (χ2v) is 13.3. The van der Waals surface area contributed by atoms with E-state index >= 15 is 0 Å². The van der Waals surface area contributed by atoms with Gasteiger partial charge in [0.1, 0.15) is 13.2 Å². The number of ether oxygens (including phenoxy) is 9. The van der Waals surface area contributed by atoms with Gasteiger partial charge >= 0.3 is 12.1 Å². The monoisotopic (exact) mass is 773 g/mol. The molecule has 1 amide bonds. The van der Waals surface area contributed by atoms with Gasteiger partial charge in [-0.05, 0) is 28.7 Å². The lowest BCUT2D eigenvalue weighted by molar-refractivity contribution is -0.145. The van der Waals surface area contributed by atoms with Crippen LogP contribution in [0.3, 0.4) is 0 Å². The number of benzene rings is 2. The molecule has 0 saturated carbocycles. The molecule has 1 aliphatic rings. The number of alkyl carbamates (subject to hydrolysis) is 1. The maximum absolute atomic E-state index is 12.2. The number of hydrogen-bond donors (Lipinski definition) is 1. The van der Waals surface area contributed by atoms with E-state index in [4.69, 9.17) is 42.6 Å². The molecule has 0 heterocycles. The van der Waals surface area contributed by atoms with Gasteiger partial charge in [0, 0.05) is 18.9 Å². The van der Waals surface area contributed by atoms with Crippen molar-refractivity contribution in [3.63, 3.8) is 0 Å². The summed E-state index contributed by atoms with van der Waals surface area (Å²) in [5.74, 6) is -0.105. The van der Waals surface area contributed by atoms with Crippen LogP contribution in [0.4, 0.5) is 4.79 Å². The molecular formula is C43H67NO11. The molecule has 1 aliphatic carbocycles. The largest absolute Gasteiger partial charge is 0.463 e. The standard InChI is InChI=1S/C43H67NO11/c1-2-3-4-5-6-7-8-9-10-19-42(45)54-35-34-53-33-32-52-31-30-51-29-28-50-27-26-49-25-24-48-23-22-47-21-20-44-43(46)55-36-41-39-17-13-11-15-37(39)38-16-12-14-18-40(38)41/h11-18,41H,2-10,19-36H2,1H3,(H,44,46). The molecule has 0 radical (unpaired) electrons. The first-order valence-electron chi connectivity index (χ1n) is 20.5. The molecule has 2 aromatic rings. The zero-order valence-electron chi connectivity index (χ0n) is 33.3. The maximum Gasteiger partial charge on any atom is 0.407 e. The highest BCUT2D eigenvalue weighted by atomic mass is 16.6. The fraction of sp³-hybridized carbons (Fsp3) is 0.674. The van der Waals surface area contributed by atoms with Crippen molar-refractivity contribution in [2.24, 2.45) is 0 Å². The van der Waals surface area contributed by atoms with Crippen molar-refractivity contribution in [1.29, 1.82) is 0 Å². The van der Waals surface area contributed by atoms with Crippen LogP contribution in [0.5, 0.6) is 0 Å². The van der Waals surface area contributed by atoms with Gasteiger partial charge in [-0.3, -0.25) is 4.79 Å². The molecule has 0 aromatic heterocycles. The third-order valence-corrected chi connectivity index (χ3v) is 9.07. The van der Waals surface area contributed by atoms with Gasteiger partial charge in [-0.2, -0.15) is 0 Å². The molecule has 0 bridgehead atoms. The minimum absolute atomic E-state index is 0.0363. The van der Waals surface area contributed by atoms with Crippen molar-refractivity contribution in [2.75, 3.05) is 112 Å². The van der Waals surface area contributed by atoms with E-state index in [9.17, 15) is 9.59 Å². The van der Waals surface area contributed by atoms with Crippen LogP contribution in [0.2, 0.25) is 0 Å². The van der Waals surface area contributed by atoms with E-state index in [1.165, 1.54) is 67.2 Å². The van der Waals surface area contributed by atoms with Crippen LogP contribution in [0.25, 0.3) is 11.1 Å². The Morgan fingerprint density at radius 3 is 1.36 bits per heavy atom. The van der Waals surface area contributed by atoms with Crippen LogP contribution in [-0.2, 0) is 47.4 Å². The van der Waals surface area contributed by atoms with Gasteiger partial charge in [0.15, 0.2) is 0 Å². The summed E-state index contributed by atoms with van der Waals surface area (Å²) in [5, 5.41) is 2.74. The van der Waals surface area contributed by atoms with E-state index in [0.29, 0.717) is 105 Å². The Balaban J connectivity index is 0.958. The highest BCUT2D eigenvalue weighted by Crippen LogP contribution is 2.44. The summed E-state index contributed by atoms with van der Waals surface area (Å²) in [7, 11) is 0. The lowest BCUT2D eigenvalue weighted by Gasteiger charge is -2.14. The van der Waals surface area contributed by atoms with Crippen molar-refractivity contribution < 1.29 is 52.2 Å². The van der Waals surface area contributed by atoms with Gasteiger partial charge in [0.05, 0.1) is 92.5 Å². The third kappa shape index (κ3) is 21.7. The Hall–Kier alpha value is -3.10. The number of amides is 1. The molecule has 0 unspecified atom stereocenters. The number of unbranched alkanes of at least 4 members (excludes halogenated alkanes) is 8. The molecule has 1 N–H and O–H groups in total. The summed E-state index contributed by atoms with van der Waals surface area (Å²) in [6, 6.07) is 16.5.